The number of carbonyl (C=O) groups is 8. The number of ketones is 1. The van der Waals surface area contributed by atoms with E-state index in [4.69, 9.17) is 5.73 Å². The number of hydrogen-bond donors (Lipinski definition) is 6. The van der Waals surface area contributed by atoms with E-state index in [1.54, 1.807) is 36.4 Å². The van der Waals surface area contributed by atoms with E-state index in [0.29, 0.717) is 24.8 Å². The van der Waals surface area contributed by atoms with Crippen LogP contribution in [0.2, 0.25) is 0 Å². The van der Waals surface area contributed by atoms with Crippen molar-refractivity contribution in [1.29, 1.82) is 0 Å². The highest BCUT2D eigenvalue weighted by Crippen LogP contribution is 2.36. The minimum absolute atomic E-state index is 0.0837. The zero-order chi connectivity index (χ0) is 39.6. The van der Waals surface area contributed by atoms with E-state index in [-0.39, 0.29) is 35.3 Å². The molecular formula is C40H50N6O9. The molecule has 3 saturated carbocycles. The Morgan fingerprint density at radius 3 is 1.96 bits per heavy atom. The summed E-state index contributed by atoms with van der Waals surface area (Å²) in [6, 6.07) is 9.61. The third kappa shape index (κ3) is 11.2. The number of nitrogens with one attached hydrogen (secondary N) is 4. The Balaban J connectivity index is 1.28. The van der Waals surface area contributed by atoms with Gasteiger partial charge in [-0.15, -0.1) is 0 Å². The van der Waals surface area contributed by atoms with Crippen molar-refractivity contribution in [1.82, 2.24) is 26.2 Å². The van der Waals surface area contributed by atoms with Gasteiger partial charge in [-0.25, -0.2) is 4.79 Å². The molecular weight excluding hydrogens is 708 g/mol. The van der Waals surface area contributed by atoms with Crippen molar-refractivity contribution in [2.75, 3.05) is 13.6 Å². The Morgan fingerprint density at radius 1 is 0.764 bits per heavy atom. The summed E-state index contributed by atoms with van der Waals surface area (Å²) in [5.74, 6) is -6.71. The highest BCUT2D eigenvalue weighted by Gasteiger charge is 2.41. The van der Waals surface area contributed by atoms with Crippen LogP contribution in [-0.2, 0) is 28.8 Å². The number of aromatic carboxylic acids is 1. The number of primary amides is 1. The van der Waals surface area contributed by atoms with Gasteiger partial charge in [0.2, 0.25) is 29.4 Å². The second-order valence-corrected chi connectivity index (χ2v) is 14.9. The number of amides is 6. The Kier molecular flexibility index (Phi) is 13.7. The van der Waals surface area contributed by atoms with E-state index in [2.05, 4.69) is 21.3 Å². The lowest BCUT2D eigenvalue weighted by Gasteiger charge is -2.36. The molecule has 0 bridgehead atoms. The minimum Gasteiger partial charge on any atom is -0.478 e. The number of Topliss-reactive ketones (excluding diaryl/α,β-unsaturated/α-hetero) is 1. The van der Waals surface area contributed by atoms with Gasteiger partial charge in [-0.1, -0.05) is 87.4 Å². The molecule has 4 atom stereocenters. The highest BCUT2D eigenvalue weighted by atomic mass is 16.4. The molecule has 15 nitrogen and oxygen atoms in total. The van der Waals surface area contributed by atoms with Gasteiger partial charge in [0.25, 0.3) is 11.8 Å². The number of carboxylic acids is 1. The third-order valence-corrected chi connectivity index (χ3v) is 10.7. The topological polar surface area (TPSA) is 234 Å². The molecule has 6 amide bonds. The Morgan fingerprint density at radius 2 is 1.36 bits per heavy atom. The number of carbonyl (C=O) groups excluding carboxylic acids is 7. The molecule has 3 aliphatic carbocycles. The summed E-state index contributed by atoms with van der Waals surface area (Å²) in [7, 11) is 1.49. The Hall–Kier alpha value is -5.60. The van der Waals surface area contributed by atoms with Gasteiger partial charge in [0.15, 0.2) is 0 Å². The van der Waals surface area contributed by atoms with Gasteiger partial charge in [0.1, 0.15) is 18.1 Å². The first-order valence-corrected chi connectivity index (χ1v) is 19.0. The van der Waals surface area contributed by atoms with Gasteiger partial charge in [-0.05, 0) is 61.1 Å². The average Bonchev–Trinajstić information content (AvgIpc) is 4.14. The summed E-state index contributed by atoms with van der Waals surface area (Å²) in [6.45, 7) is -0.627. The Bertz CT molecular complexity index is 1770. The fourth-order valence-electron chi connectivity index (χ4n) is 7.19. The number of nitrogens with zero attached hydrogens (tertiary/aromatic N) is 1. The fourth-order valence-corrected chi connectivity index (χ4v) is 7.19. The van der Waals surface area contributed by atoms with Crippen LogP contribution in [0.3, 0.4) is 0 Å². The van der Waals surface area contributed by atoms with E-state index in [1.165, 1.54) is 30.1 Å². The van der Waals surface area contributed by atoms with E-state index >= 15 is 0 Å². The first-order valence-electron chi connectivity index (χ1n) is 19.0. The van der Waals surface area contributed by atoms with E-state index in [0.717, 1.165) is 44.9 Å². The number of nitrogens with two attached hydrogens (primary N) is 1. The van der Waals surface area contributed by atoms with E-state index < -0.39 is 77.9 Å². The molecule has 0 aromatic heterocycles. The maximum absolute atomic E-state index is 14.4. The predicted molar refractivity (Wildman–Crippen MR) is 199 cm³/mol. The number of carboxylic acid groups (broad SMARTS) is 1. The van der Waals surface area contributed by atoms with Gasteiger partial charge in [0.05, 0.1) is 23.7 Å². The van der Waals surface area contributed by atoms with Gasteiger partial charge in [0, 0.05) is 7.05 Å². The zero-order valence-corrected chi connectivity index (χ0v) is 31.0. The van der Waals surface area contributed by atoms with Crippen LogP contribution in [0.15, 0.2) is 54.6 Å². The van der Waals surface area contributed by atoms with Gasteiger partial charge in [-0.3, -0.25) is 33.6 Å². The predicted octanol–water partition coefficient (Wildman–Crippen LogP) is 2.00. The van der Waals surface area contributed by atoms with Gasteiger partial charge < -0.3 is 37.0 Å². The first kappa shape index (κ1) is 40.6. The number of benzene rings is 2. The van der Waals surface area contributed by atoms with Crippen molar-refractivity contribution < 1.29 is 43.5 Å². The largest absolute Gasteiger partial charge is 0.478 e. The first-order chi connectivity index (χ1) is 26.3. The molecule has 15 heteroatoms. The summed E-state index contributed by atoms with van der Waals surface area (Å²) >= 11 is 0. The molecule has 3 fully saturated rings. The van der Waals surface area contributed by atoms with Crippen LogP contribution >= 0.6 is 0 Å². The molecule has 294 valence electrons. The summed E-state index contributed by atoms with van der Waals surface area (Å²) in [6.07, 6.45) is 7.83. The molecule has 0 aliphatic heterocycles. The SMILES string of the molecule is CN(C(=O)C(NC(=O)c1ccccc1C(=O)O)C1CCCCC1)[C@@H](CC1CC1)C(=O)NC(CC1CC1)C(=O)C(=O)NCC(=O)NC(C(N)=O)c1ccccc1. The molecule has 7 N–H and O–H groups in total. The molecule has 3 aliphatic rings. The van der Waals surface area contributed by atoms with Crippen molar-refractivity contribution in [2.24, 2.45) is 23.5 Å². The smallest absolute Gasteiger partial charge is 0.336 e. The molecule has 0 saturated heterocycles. The third-order valence-electron chi connectivity index (χ3n) is 10.7. The summed E-state index contributed by atoms with van der Waals surface area (Å²) < 4.78 is 0. The zero-order valence-electron chi connectivity index (χ0n) is 31.0. The second kappa shape index (κ2) is 18.6. The number of hydrogen-bond acceptors (Lipinski definition) is 8. The maximum Gasteiger partial charge on any atom is 0.336 e. The van der Waals surface area contributed by atoms with Crippen molar-refractivity contribution >= 4 is 47.2 Å². The van der Waals surface area contributed by atoms with Crippen molar-refractivity contribution in [3.8, 4) is 0 Å². The van der Waals surface area contributed by atoms with Crippen LogP contribution in [0, 0.1) is 17.8 Å². The van der Waals surface area contributed by atoms with Crippen LogP contribution < -0.4 is 27.0 Å². The number of likely N-dealkylation sites (N-methyl/N-ethyl adjacent to an activating group) is 1. The summed E-state index contributed by atoms with van der Waals surface area (Å²) in [5.41, 5.74) is 5.63. The van der Waals surface area contributed by atoms with Crippen molar-refractivity contribution in [3.05, 3.63) is 71.3 Å². The maximum atomic E-state index is 14.4. The lowest BCUT2D eigenvalue weighted by molar-refractivity contribution is -0.144. The molecule has 0 spiro atoms. The molecule has 0 radical (unpaired) electrons. The molecule has 3 unspecified atom stereocenters. The summed E-state index contributed by atoms with van der Waals surface area (Å²) in [4.78, 5) is 106. The van der Waals surface area contributed by atoms with Crippen molar-refractivity contribution in [2.45, 2.75) is 94.8 Å². The van der Waals surface area contributed by atoms with Gasteiger partial charge >= 0.3 is 5.97 Å². The van der Waals surface area contributed by atoms with Crippen LogP contribution in [0.1, 0.15) is 103 Å². The molecule has 2 aromatic rings. The molecule has 0 heterocycles. The van der Waals surface area contributed by atoms with Crippen LogP contribution in [-0.4, -0.2) is 88.9 Å². The monoisotopic (exact) mass is 758 g/mol. The Labute approximate surface area is 319 Å². The quantitative estimate of drug-likeness (QED) is 0.115. The average molecular weight is 759 g/mol. The lowest BCUT2D eigenvalue weighted by Crippen LogP contribution is -2.59. The van der Waals surface area contributed by atoms with E-state index in [9.17, 15) is 43.5 Å². The second-order valence-electron chi connectivity index (χ2n) is 14.9. The van der Waals surface area contributed by atoms with Crippen molar-refractivity contribution in [3.63, 3.8) is 0 Å². The molecule has 2 aromatic carbocycles. The van der Waals surface area contributed by atoms with Crippen LogP contribution in [0.4, 0.5) is 0 Å². The van der Waals surface area contributed by atoms with Crippen LogP contribution in [0.5, 0.6) is 0 Å². The van der Waals surface area contributed by atoms with Crippen LogP contribution in [0.25, 0.3) is 0 Å². The summed E-state index contributed by atoms with van der Waals surface area (Å²) in [5, 5.41) is 20.0. The fraction of sp³-hybridized carbons (Fsp3) is 0.500. The lowest BCUT2D eigenvalue weighted by atomic mass is 9.83. The van der Waals surface area contributed by atoms with Gasteiger partial charge in [-0.2, -0.15) is 0 Å². The number of rotatable bonds is 19. The normalized spacial score (nSPS) is 17.7. The molecule has 5 rings (SSSR count). The molecule has 55 heavy (non-hydrogen) atoms. The minimum atomic E-state index is -1.28. The standard InChI is InChI=1S/C40H50N6O9/c1-46(39(53)33(26-12-6-3-7-13-26)45-36(50)27-14-8-9-15-28(27)40(54)55)30(21-24-18-19-24)37(51)43-29(20-23-16-17-23)34(48)38(52)42-22-31(47)44-32(35(41)49)25-10-4-2-5-11-25/h2,4-5,8-11,14-15,23-24,26,29-30,32-33H,3,6-7,12-13,16-22H2,1H3,(H2,41,49)(H,42,52)(H,43,51)(H,44,47)(H,45,50)(H,54,55)/t29?,30-,32?,33?/m0/s1. The highest BCUT2D eigenvalue weighted by molar-refractivity contribution is 6.38. The van der Waals surface area contributed by atoms with E-state index in [1.807, 2.05) is 0 Å².